The Bertz CT molecular complexity index is 699. The van der Waals surface area contributed by atoms with Gasteiger partial charge in [-0.05, 0) is 23.8 Å². The molecule has 6 heteroatoms. The van der Waals surface area contributed by atoms with Crippen LogP contribution in [-0.4, -0.2) is 23.4 Å². The molecule has 22 heavy (non-hydrogen) atoms. The van der Waals surface area contributed by atoms with Crippen molar-refractivity contribution in [3.05, 3.63) is 65.2 Å². The van der Waals surface area contributed by atoms with Gasteiger partial charge in [-0.2, -0.15) is 0 Å². The third kappa shape index (κ3) is 3.69. The van der Waals surface area contributed by atoms with Crippen molar-refractivity contribution < 1.29 is 19.4 Å². The molecule has 0 saturated carbocycles. The second-order valence-electron chi connectivity index (χ2n) is 4.36. The lowest BCUT2D eigenvalue weighted by atomic mass is 10.1. The highest BCUT2D eigenvalue weighted by Crippen LogP contribution is 2.22. The molecule has 0 heterocycles. The molecule has 2 aromatic carbocycles. The summed E-state index contributed by atoms with van der Waals surface area (Å²) in [6.45, 7) is 0.245. The van der Waals surface area contributed by atoms with Crippen LogP contribution in [0.1, 0.15) is 21.5 Å². The van der Waals surface area contributed by atoms with Crippen LogP contribution >= 0.6 is 0 Å². The molecular formula is C16H14N2O4. The van der Waals surface area contributed by atoms with E-state index in [1.54, 1.807) is 0 Å². The standard InChI is InChI=1S/C16H14N2O4/c17-10-22-15(18)12-6-7-14(13(8-12)16(19)20)21-9-11-4-2-1-3-5-11/h1-8,10,17-18H,9H2,(H,19,20). The number of carboxylic acids is 1. The number of aromatic carboxylic acids is 1. The zero-order chi connectivity index (χ0) is 15.9. The van der Waals surface area contributed by atoms with E-state index in [9.17, 15) is 9.90 Å². The minimum absolute atomic E-state index is 0.0632. The first-order valence-electron chi connectivity index (χ1n) is 6.40. The number of benzene rings is 2. The van der Waals surface area contributed by atoms with Gasteiger partial charge in [-0.25, -0.2) is 4.79 Å². The van der Waals surface area contributed by atoms with Gasteiger partial charge >= 0.3 is 5.97 Å². The van der Waals surface area contributed by atoms with Crippen molar-refractivity contribution >= 4 is 18.3 Å². The van der Waals surface area contributed by atoms with Gasteiger partial charge in [0.1, 0.15) is 17.9 Å². The molecular weight excluding hydrogens is 284 g/mol. The van der Waals surface area contributed by atoms with Gasteiger partial charge in [-0.15, -0.1) is 0 Å². The Morgan fingerprint density at radius 3 is 2.55 bits per heavy atom. The monoisotopic (exact) mass is 298 g/mol. The third-order valence-electron chi connectivity index (χ3n) is 2.89. The zero-order valence-electron chi connectivity index (χ0n) is 11.6. The summed E-state index contributed by atoms with van der Waals surface area (Å²) in [5, 5.41) is 23.6. The van der Waals surface area contributed by atoms with Crippen LogP contribution in [0.4, 0.5) is 0 Å². The lowest BCUT2D eigenvalue weighted by Crippen LogP contribution is -2.08. The number of nitrogens with one attached hydrogen (secondary N) is 2. The molecule has 0 radical (unpaired) electrons. The second-order valence-corrected chi connectivity index (χ2v) is 4.36. The highest BCUT2D eigenvalue weighted by atomic mass is 16.5. The quantitative estimate of drug-likeness (QED) is 0.563. The normalized spacial score (nSPS) is 9.82. The highest BCUT2D eigenvalue weighted by Gasteiger charge is 2.14. The summed E-state index contributed by atoms with van der Waals surface area (Å²) >= 11 is 0. The Hall–Kier alpha value is -3.15. The van der Waals surface area contributed by atoms with E-state index in [-0.39, 0.29) is 29.4 Å². The molecule has 112 valence electrons. The summed E-state index contributed by atoms with van der Waals surface area (Å²) in [4.78, 5) is 11.3. The lowest BCUT2D eigenvalue weighted by molar-refractivity contribution is 0.0691. The zero-order valence-corrected chi connectivity index (χ0v) is 11.6. The molecule has 0 fully saturated rings. The number of carbonyl (C=O) groups is 1. The summed E-state index contributed by atoms with van der Waals surface area (Å²) < 4.78 is 10.2. The molecule has 0 aliphatic carbocycles. The van der Waals surface area contributed by atoms with Crippen molar-refractivity contribution in [1.82, 2.24) is 0 Å². The molecule has 3 N–H and O–H groups in total. The van der Waals surface area contributed by atoms with Crippen LogP contribution in [0.15, 0.2) is 48.5 Å². The van der Waals surface area contributed by atoms with E-state index in [4.69, 9.17) is 15.6 Å². The summed E-state index contributed by atoms with van der Waals surface area (Å²) in [5.74, 6) is -1.25. The van der Waals surface area contributed by atoms with Crippen molar-refractivity contribution in [2.24, 2.45) is 0 Å². The first-order chi connectivity index (χ1) is 10.6. The molecule has 0 saturated heterocycles. The van der Waals surface area contributed by atoms with Gasteiger partial charge in [-0.1, -0.05) is 30.3 Å². The molecule has 6 nitrogen and oxygen atoms in total. The summed E-state index contributed by atoms with van der Waals surface area (Å²) in [6.07, 6.45) is 0.614. The SMILES string of the molecule is N=COC(=N)c1ccc(OCc2ccccc2)c(C(=O)O)c1. The van der Waals surface area contributed by atoms with E-state index >= 15 is 0 Å². The maximum Gasteiger partial charge on any atom is 0.339 e. The first kappa shape index (κ1) is 15.2. The fourth-order valence-corrected chi connectivity index (χ4v) is 1.83. The molecule has 0 bridgehead atoms. The van der Waals surface area contributed by atoms with Gasteiger partial charge in [0.2, 0.25) is 5.90 Å². The Morgan fingerprint density at radius 1 is 1.18 bits per heavy atom. The molecule has 0 aliphatic rings. The molecule has 0 unspecified atom stereocenters. The van der Waals surface area contributed by atoms with E-state index in [0.717, 1.165) is 5.56 Å². The van der Waals surface area contributed by atoms with Crippen molar-refractivity contribution in [3.63, 3.8) is 0 Å². The first-order valence-corrected chi connectivity index (χ1v) is 6.40. The van der Waals surface area contributed by atoms with Gasteiger partial charge in [0.15, 0.2) is 6.40 Å². The van der Waals surface area contributed by atoms with E-state index < -0.39 is 5.97 Å². The van der Waals surface area contributed by atoms with Crippen LogP contribution in [0.2, 0.25) is 0 Å². The lowest BCUT2D eigenvalue weighted by Gasteiger charge is -2.11. The number of carboxylic acid groups (broad SMARTS) is 1. The molecule has 0 aromatic heterocycles. The van der Waals surface area contributed by atoms with E-state index in [2.05, 4.69) is 4.74 Å². The van der Waals surface area contributed by atoms with Gasteiger partial charge in [0.25, 0.3) is 0 Å². The van der Waals surface area contributed by atoms with E-state index in [0.29, 0.717) is 6.40 Å². The number of ether oxygens (including phenoxy) is 2. The topological polar surface area (TPSA) is 103 Å². The number of hydrogen-bond acceptors (Lipinski definition) is 5. The molecule has 2 rings (SSSR count). The minimum atomic E-state index is -1.16. The Balaban J connectivity index is 2.22. The maximum absolute atomic E-state index is 11.3. The maximum atomic E-state index is 11.3. The number of rotatable bonds is 6. The van der Waals surface area contributed by atoms with E-state index in [1.807, 2.05) is 30.3 Å². The van der Waals surface area contributed by atoms with Crippen molar-refractivity contribution in [2.45, 2.75) is 6.61 Å². The molecule has 0 spiro atoms. The molecule has 0 amide bonds. The predicted octanol–water partition coefficient (Wildman–Crippen LogP) is 2.91. The average molecular weight is 298 g/mol. The Kier molecular flexibility index (Phi) is 4.87. The summed E-state index contributed by atoms with van der Waals surface area (Å²) in [6, 6.07) is 13.7. The smallest absolute Gasteiger partial charge is 0.339 e. The van der Waals surface area contributed by atoms with Crippen molar-refractivity contribution in [3.8, 4) is 5.75 Å². The van der Waals surface area contributed by atoms with Crippen LogP contribution in [0, 0.1) is 10.8 Å². The number of hydrogen-bond donors (Lipinski definition) is 3. The van der Waals surface area contributed by atoms with Crippen LogP contribution in [-0.2, 0) is 11.3 Å². The van der Waals surface area contributed by atoms with E-state index in [1.165, 1.54) is 18.2 Å². The fraction of sp³-hybridized carbons (Fsp3) is 0.0625. The molecule has 0 aliphatic heterocycles. The average Bonchev–Trinajstić information content (AvgIpc) is 2.54. The van der Waals surface area contributed by atoms with Crippen LogP contribution < -0.4 is 4.74 Å². The van der Waals surface area contributed by atoms with Crippen LogP contribution in [0.25, 0.3) is 0 Å². The van der Waals surface area contributed by atoms with Crippen LogP contribution in [0.5, 0.6) is 5.75 Å². The van der Waals surface area contributed by atoms with Gasteiger partial charge in [-0.3, -0.25) is 10.8 Å². The van der Waals surface area contributed by atoms with Crippen LogP contribution in [0.3, 0.4) is 0 Å². The summed E-state index contributed by atoms with van der Waals surface area (Å²) in [7, 11) is 0. The van der Waals surface area contributed by atoms with Crippen molar-refractivity contribution in [2.75, 3.05) is 0 Å². The molecule has 0 atom stereocenters. The van der Waals surface area contributed by atoms with Gasteiger partial charge in [0.05, 0.1) is 0 Å². The highest BCUT2D eigenvalue weighted by molar-refractivity contribution is 5.99. The second kappa shape index (κ2) is 7.03. The summed E-state index contributed by atoms with van der Waals surface area (Å²) in [5.41, 5.74) is 1.11. The third-order valence-corrected chi connectivity index (χ3v) is 2.89. The molecule has 2 aromatic rings. The van der Waals surface area contributed by atoms with Gasteiger partial charge in [0, 0.05) is 5.56 Å². The fourth-order valence-electron chi connectivity index (χ4n) is 1.83. The Morgan fingerprint density at radius 2 is 1.91 bits per heavy atom. The minimum Gasteiger partial charge on any atom is -0.488 e. The predicted molar refractivity (Wildman–Crippen MR) is 80.9 cm³/mol. The Labute approximate surface area is 127 Å². The largest absolute Gasteiger partial charge is 0.488 e. The van der Waals surface area contributed by atoms with Crippen molar-refractivity contribution in [1.29, 1.82) is 10.8 Å². The van der Waals surface area contributed by atoms with Gasteiger partial charge < -0.3 is 14.6 Å².